The highest BCUT2D eigenvalue weighted by molar-refractivity contribution is 8.00. The fourth-order valence-electron chi connectivity index (χ4n) is 3.24. The van der Waals surface area contributed by atoms with Gasteiger partial charge in [-0.3, -0.25) is 4.79 Å². The van der Waals surface area contributed by atoms with Crippen LogP contribution in [0.4, 0.5) is 5.69 Å². The minimum Gasteiger partial charge on any atom is -0.325 e. The van der Waals surface area contributed by atoms with Crippen LogP contribution in [-0.2, 0) is 11.3 Å². The molecule has 0 aliphatic carbocycles. The highest BCUT2D eigenvalue weighted by atomic mass is 32.2. The molecular weight excluding hydrogens is 370 g/mol. The van der Waals surface area contributed by atoms with Crippen molar-refractivity contribution in [3.63, 3.8) is 0 Å². The third-order valence-electron chi connectivity index (χ3n) is 4.61. The molecule has 4 aromatic rings. The smallest absolute Gasteiger partial charge is 0.237 e. The van der Waals surface area contributed by atoms with Gasteiger partial charge < -0.3 is 9.88 Å². The first-order valence-electron chi connectivity index (χ1n) is 9.22. The van der Waals surface area contributed by atoms with Crippen molar-refractivity contribution >= 4 is 45.4 Å². The summed E-state index contributed by atoms with van der Waals surface area (Å²) in [5.74, 6) is -0.0877. The third kappa shape index (κ3) is 3.45. The van der Waals surface area contributed by atoms with Gasteiger partial charge in [0.2, 0.25) is 11.1 Å². The van der Waals surface area contributed by atoms with Crippen LogP contribution < -0.4 is 5.32 Å². The number of rotatable bonds is 5. The Morgan fingerprint density at radius 2 is 2.00 bits per heavy atom. The van der Waals surface area contributed by atoms with Gasteiger partial charge in [-0.2, -0.15) is 0 Å². The molecule has 1 atom stereocenters. The molecule has 0 radical (unpaired) electrons. The van der Waals surface area contributed by atoms with Crippen molar-refractivity contribution in [1.82, 2.24) is 19.7 Å². The maximum absolute atomic E-state index is 12.5. The molecule has 0 unspecified atom stereocenters. The summed E-state index contributed by atoms with van der Waals surface area (Å²) in [6.07, 6.45) is 0. The zero-order chi connectivity index (χ0) is 19.7. The number of amides is 1. The minimum absolute atomic E-state index is 0.0877. The first kappa shape index (κ1) is 18.4. The van der Waals surface area contributed by atoms with E-state index in [0.29, 0.717) is 5.16 Å². The number of benzene rings is 2. The number of thioether (sulfide) groups is 1. The van der Waals surface area contributed by atoms with Gasteiger partial charge in [-0.15, -0.1) is 10.2 Å². The molecule has 0 aliphatic rings. The molecule has 2 aromatic heterocycles. The van der Waals surface area contributed by atoms with E-state index in [4.69, 9.17) is 4.98 Å². The maximum atomic E-state index is 12.5. The first-order chi connectivity index (χ1) is 13.6. The van der Waals surface area contributed by atoms with Crippen molar-refractivity contribution in [2.45, 2.75) is 37.7 Å². The van der Waals surface area contributed by atoms with E-state index in [0.717, 1.165) is 39.9 Å². The average molecular weight is 392 g/mol. The number of aromatic nitrogens is 4. The normalized spacial score (nSPS) is 12.4. The van der Waals surface area contributed by atoms with Crippen molar-refractivity contribution < 1.29 is 4.79 Å². The number of carbonyl (C=O) groups excluding carboxylic acids is 1. The Kier molecular flexibility index (Phi) is 5.00. The molecule has 2 heterocycles. The molecule has 6 nitrogen and oxygen atoms in total. The fraction of sp³-hybridized carbons (Fsp3) is 0.238. The van der Waals surface area contributed by atoms with Crippen LogP contribution in [0.1, 0.15) is 19.4 Å². The Morgan fingerprint density at radius 3 is 2.79 bits per heavy atom. The lowest BCUT2D eigenvalue weighted by Crippen LogP contribution is -2.22. The van der Waals surface area contributed by atoms with Crippen LogP contribution in [-0.4, -0.2) is 30.9 Å². The summed E-state index contributed by atoms with van der Waals surface area (Å²) >= 11 is 1.31. The molecule has 0 spiro atoms. The number of para-hydroxylation sites is 1. The molecule has 0 aliphatic heterocycles. The lowest BCUT2D eigenvalue weighted by Gasteiger charge is -2.11. The van der Waals surface area contributed by atoms with Gasteiger partial charge in [-0.05, 0) is 44.5 Å². The molecule has 0 bridgehead atoms. The number of fused-ring (bicyclic) bond motifs is 3. The Labute approximate surface area is 167 Å². The van der Waals surface area contributed by atoms with Crippen molar-refractivity contribution in [1.29, 1.82) is 0 Å². The molecule has 2 aromatic carbocycles. The Balaban J connectivity index is 1.59. The number of carbonyl (C=O) groups is 1. The van der Waals surface area contributed by atoms with E-state index in [1.165, 1.54) is 11.8 Å². The highest BCUT2D eigenvalue weighted by Crippen LogP contribution is 2.28. The van der Waals surface area contributed by atoms with Crippen LogP contribution in [0.15, 0.2) is 53.7 Å². The molecule has 1 amide bonds. The van der Waals surface area contributed by atoms with Crippen molar-refractivity contribution in [3.8, 4) is 0 Å². The van der Waals surface area contributed by atoms with Crippen LogP contribution in [0.3, 0.4) is 0 Å². The van der Waals surface area contributed by atoms with Crippen molar-refractivity contribution in [2.75, 3.05) is 5.32 Å². The topological polar surface area (TPSA) is 72.7 Å². The second-order valence-corrected chi connectivity index (χ2v) is 7.95. The standard InChI is InChI=1S/C21H21N5OS/c1-4-26-17-11-6-5-10-16(17)18-19(26)23-21(25-24-18)28-14(3)20(27)22-15-9-7-8-13(2)12-15/h5-12,14H,4H2,1-3H3,(H,22,27)/t14-/m0/s1. The summed E-state index contributed by atoms with van der Waals surface area (Å²) in [5.41, 5.74) is 4.57. The number of hydrogen-bond donors (Lipinski definition) is 1. The van der Waals surface area contributed by atoms with Crippen LogP contribution in [0.25, 0.3) is 22.1 Å². The second-order valence-electron chi connectivity index (χ2n) is 6.65. The molecule has 28 heavy (non-hydrogen) atoms. The molecule has 0 fully saturated rings. The second kappa shape index (κ2) is 7.59. The summed E-state index contributed by atoms with van der Waals surface area (Å²) in [5, 5.41) is 12.8. The quantitative estimate of drug-likeness (QED) is 0.510. The maximum Gasteiger partial charge on any atom is 0.237 e. The summed E-state index contributed by atoms with van der Waals surface area (Å²) in [4.78, 5) is 17.2. The molecule has 142 valence electrons. The highest BCUT2D eigenvalue weighted by Gasteiger charge is 2.19. The lowest BCUT2D eigenvalue weighted by molar-refractivity contribution is -0.115. The average Bonchev–Trinajstić information content (AvgIpc) is 3.00. The van der Waals surface area contributed by atoms with E-state index in [1.54, 1.807) is 0 Å². The van der Waals surface area contributed by atoms with Crippen molar-refractivity contribution in [2.24, 2.45) is 0 Å². The van der Waals surface area contributed by atoms with Gasteiger partial charge in [0.05, 0.1) is 10.8 Å². The predicted octanol–water partition coefficient (Wildman–Crippen LogP) is 4.43. The summed E-state index contributed by atoms with van der Waals surface area (Å²) in [7, 11) is 0. The van der Waals surface area contributed by atoms with E-state index in [1.807, 2.05) is 56.3 Å². The van der Waals surface area contributed by atoms with Crippen LogP contribution in [0.2, 0.25) is 0 Å². The van der Waals surface area contributed by atoms with Gasteiger partial charge in [0.15, 0.2) is 5.65 Å². The molecule has 0 saturated carbocycles. The minimum atomic E-state index is -0.348. The zero-order valence-corrected chi connectivity index (χ0v) is 16.8. The third-order valence-corrected chi connectivity index (χ3v) is 5.56. The van der Waals surface area contributed by atoms with Crippen molar-refractivity contribution in [3.05, 3.63) is 54.1 Å². The first-order valence-corrected chi connectivity index (χ1v) is 10.1. The zero-order valence-electron chi connectivity index (χ0n) is 16.0. The van der Waals surface area contributed by atoms with Gasteiger partial charge in [0, 0.05) is 17.6 Å². The summed E-state index contributed by atoms with van der Waals surface area (Å²) in [6.45, 7) is 6.71. The Morgan fingerprint density at radius 1 is 1.18 bits per heavy atom. The number of hydrogen-bond acceptors (Lipinski definition) is 5. The number of nitrogens with one attached hydrogen (secondary N) is 1. The van der Waals surface area contributed by atoms with E-state index < -0.39 is 0 Å². The monoisotopic (exact) mass is 391 g/mol. The van der Waals surface area contributed by atoms with Gasteiger partial charge in [-0.1, -0.05) is 42.1 Å². The largest absolute Gasteiger partial charge is 0.325 e. The van der Waals surface area contributed by atoms with Crippen LogP contribution >= 0.6 is 11.8 Å². The fourth-order valence-corrected chi connectivity index (χ4v) is 3.95. The van der Waals surface area contributed by atoms with E-state index in [9.17, 15) is 4.79 Å². The van der Waals surface area contributed by atoms with Crippen LogP contribution in [0, 0.1) is 6.92 Å². The van der Waals surface area contributed by atoms with Gasteiger partial charge in [0.1, 0.15) is 5.52 Å². The molecule has 7 heteroatoms. The van der Waals surface area contributed by atoms with E-state index >= 15 is 0 Å². The van der Waals surface area contributed by atoms with Crippen LogP contribution in [0.5, 0.6) is 0 Å². The number of anilines is 1. The van der Waals surface area contributed by atoms with E-state index in [-0.39, 0.29) is 11.2 Å². The van der Waals surface area contributed by atoms with Gasteiger partial charge >= 0.3 is 0 Å². The Bertz CT molecular complexity index is 1170. The van der Waals surface area contributed by atoms with Gasteiger partial charge in [0.25, 0.3) is 0 Å². The molecule has 1 N–H and O–H groups in total. The SMILES string of the molecule is CCn1c2ccccc2c2nnc(S[C@@H](C)C(=O)Nc3cccc(C)c3)nc21. The summed E-state index contributed by atoms with van der Waals surface area (Å²) in [6, 6.07) is 15.8. The lowest BCUT2D eigenvalue weighted by atomic mass is 10.2. The molecular formula is C21H21N5OS. The number of aryl methyl sites for hydroxylation is 2. The Hall–Kier alpha value is -2.93. The summed E-state index contributed by atoms with van der Waals surface area (Å²) < 4.78 is 2.13. The molecule has 4 rings (SSSR count). The van der Waals surface area contributed by atoms with E-state index in [2.05, 4.69) is 33.1 Å². The molecule has 0 saturated heterocycles. The van der Waals surface area contributed by atoms with Gasteiger partial charge in [-0.25, -0.2) is 4.98 Å². The predicted molar refractivity (Wildman–Crippen MR) is 114 cm³/mol. The number of nitrogens with zero attached hydrogens (tertiary/aromatic N) is 4.